The normalized spacial score (nSPS) is 12.5. The molecule has 0 bridgehead atoms. The van der Waals surface area contributed by atoms with Crippen molar-refractivity contribution in [2.45, 2.75) is 85.4 Å². The van der Waals surface area contributed by atoms with Crippen molar-refractivity contribution in [3.63, 3.8) is 0 Å². The Balaban J connectivity index is 2.98. The molecule has 21 heavy (non-hydrogen) atoms. The van der Waals surface area contributed by atoms with Crippen LogP contribution in [0.1, 0.15) is 77.8 Å². The summed E-state index contributed by atoms with van der Waals surface area (Å²) in [6.45, 7) is 16.5. The van der Waals surface area contributed by atoms with E-state index in [-0.39, 0.29) is 5.54 Å². The quantitative estimate of drug-likeness (QED) is 0.785. The van der Waals surface area contributed by atoms with E-state index in [0.29, 0.717) is 12.0 Å². The van der Waals surface area contributed by atoms with Crippen molar-refractivity contribution in [1.29, 1.82) is 0 Å². The average Bonchev–Trinajstić information content (AvgIpc) is 2.81. The van der Waals surface area contributed by atoms with Gasteiger partial charge in [0.25, 0.3) is 0 Å². The average molecular weight is 312 g/mol. The molecule has 0 atom stereocenters. The van der Waals surface area contributed by atoms with Gasteiger partial charge in [0.2, 0.25) is 0 Å². The number of nitrogens with one attached hydrogen (secondary N) is 1. The SMILES string of the molecule is CCC(CC)N(C)c1nc(C(C)C)c(CNC(C)(C)C)s1. The molecule has 3 nitrogen and oxygen atoms in total. The van der Waals surface area contributed by atoms with Crippen LogP contribution in [0.5, 0.6) is 0 Å². The maximum absolute atomic E-state index is 4.93. The number of hydrogen-bond acceptors (Lipinski definition) is 4. The summed E-state index contributed by atoms with van der Waals surface area (Å²) < 4.78 is 0. The van der Waals surface area contributed by atoms with E-state index < -0.39 is 0 Å². The molecule has 0 unspecified atom stereocenters. The van der Waals surface area contributed by atoms with Crippen LogP contribution in [-0.2, 0) is 6.54 Å². The van der Waals surface area contributed by atoms with Gasteiger partial charge in [-0.25, -0.2) is 4.98 Å². The fourth-order valence-corrected chi connectivity index (χ4v) is 3.60. The fourth-order valence-electron chi connectivity index (χ4n) is 2.42. The summed E-state index contributed by atoms with van der Waals surface area (Å²) >= 11 is 1.85. The van der Waals surface area contributed by atoms with Crippen molar-refractivity contribution in [3.05, 3.63) is 10.6 Å². The van der Waals surface area contributed by atoms with E-state index in [2.05, 4.69) is 65.7 Å². The van der Waals surface area contributed by atoms with Crippen LogP contribution >= 0.6 is 11.3 Å². The number of rotatable bonds is 7. The topological polar surface area (TPSA) is 28.2 Å². The minimum Gasteiger partial charge on any atom is -0.348 e. The van der Waals surface area contributed by atoms with Crippen LogP contribution < -0.4 is 10.2 Å². The lowest BCUT2D eigenvalue weighted by Gasteiger charge is -2.25. The van der Waals surface area contributed by atoms with Gasteiger partial charge in [0, 0.05) is 30.1 Å². The molecule has 0 amide bonds. The Bertz CT molecular complexity index is 428. The van der Waals surface area contributed by atoms with E-state index in [1.54, 1.807) is 0 Å². The molecule has 0 aliphatic carbocycles. The third-order valence-electron chi connectivity index (χ3n) is 3.83. The Morgan fingerprint density at radius 3 is 2.19 bits per heavy atom. The molecule has 0 fully saturated rings. The maximum atomic E-state index is 4.93. The van der Waals surface area contributed by atoms with E-state index in [0.717, 1.165) is 11.7 Å². The molecular weight excluding hydrogens is 278 g/mol. The molecule has 4 heteroatoms. The van der Waals surface area contributed by atoms with Gasteiger partial charge >= 0.3 is 0 Å². The van der Waals surface area contributed by atoms with Gasteiger partial charge in [-0.05, 0) is 39.5 Å². The summed E-state index contributed by atoms with van der Waals surface area (Å²) in [4.78, 5) is 8.67. The van der Waals surface area contributed by atoms with Gasteiger partial charge in [-0.2, -0.15) is 0 Å². The van der Waals surface area contributed by atoms with Gasteiger partial charge in [0.05, 0.1) is 5.69 Å². The monoisotopic (exact) mass is 311 g/mol. The van der Waals surface area contributed by atoms with Gasteiger partial charge in [-0.1, -0.05) is 27.7 Å². The van der Waals surface area contributed by atoms with Gasteiger partial charge in [0.15, 0.2) is 5.13 Å². The Hall–Kier alpha value is -0.610. The van der Waals surface area contributed by atoms with E-state index in [4.69, 9.17) is 4.98 Å². The number of aromatic nitrogens is 1. The largest absolute Gasteiger partial charge is 0.348 e. The maximum Gasteiger partial charge on any atom is 0.185 e. The summed E-state index contributed by atoms with van der Waals surface area (Å²) in [6.07, 6.45) is 2.33. The summed E-state index contributed by atoms with van der Waals surface area (Å²) in [7, 11) is 2.18. The van der Waals surface area contributed by atoms with Gasteiger partial charge in [0.1, 0.15) is 0 Å². The number of hydrogen-bond donors (Lipinski definition) is 1. The molecule has 0 aliphatic rings. The first-order valence-electron chi connectivity index (χ1n) is 8.17. The van der Waals surface area contributed by atoms with E-state index in [9.17, 15) is 0 Å². The fraction of sp³-hybridized carbons (Fsp3) is 0.824. The second-order valence-corrected chi connectivity index (χ2v) is 8.21. The number of nitrogens with zero attached hydrogens (tertiary/aromatic N) is 2. The molecule has 0 aliphatic heterocycles. The summed E-state index contributed by atoms with van der Waals surface area (Å²) in [5.74, 6) is 0.474. The summed E-state index contributed by atoms with van der Waals surface area (Å²) in [5.41, 5.74) is 1.39. The molecule has 1 aromatic rings. The Morgan fingerprint density at radius 1 is 1.19 bits per heavy atom. The van der Waals surface area contributed by atoms with Crippen molar-refractivity contribution in [3.8, 4) is 0 Å². The predicted octanol–water partition coefficient (Wildman–Crippen LogP) is 4.78. The van der Waals surface area contributed by atoms with E-state index >= 15 is 0 Å². The lowest BCUT2D eigenvalue weighted by atomic mass is 10.1. The number of anilines is 1. The molecule has 1 N–H and O–H groups in total. The first-order valence-corrected chi connectivity index (χ1v) is 8.98. The molecular formula is C17H33N3S. The minimum atomic E-state index is 0.139. The van der Waals surface area contributed by atoms with Crippen LogP contribution in [-0.4, -0.2) is 23.6 Å². The first kappa shape index (κ1) is 18.4. The van der Waals surface area contributed by atoms with Crippen LogP contribution in [0.2, 0.25) is 0 Å². The van der Waals surface area contributed by atoms with Crippen LogP contribution in [0, 0.1) is 0 Å². The summed E-state index contributed by atoms with van der Waals surface area (Å²) in [5, 5.41) is 4.76. The van der Waals surface area contributed by atoms with Gasteiger partial charge in [-0.15, -0.1) is 11.3 Å². The molecule has 0 saturated heterocycles. The number of thiazole rings is 1. The van der Waals surface area contributed by atoms with Crippen molar-refractivity contribution in [2.75, 3.05) is 11.9 Å². The van der Waals surface area contributed by atoms with Crippen molar-refractivity contribution >= 4 is 16.5 Å². The van der Waals surface area contributed by atoms with Crippen molar-refractivity contribution in [2.24, 2.45) is 0 Å². The zero-order chi connectivity index (χ0) is 16.2. The van der Waals surface area contributed by atoms with Gasteiger partial charge < -0.3 is 10.2 Å². The van der Waals surface area contributed by atoms with E-state index in [1.807, 2.05) is 11.3 Å². The van der Waals surface area contributed by atoms with Gasteiger partial charge in [-0.3, -0.25) is 0 Å². The van der Waals surface area contributed by atoms with Crippen molar-refractivity contribution < 1.29 is 0 Å². The Labute approximate surface area is 135 Å². The zero-order valence-electron chi connectivity index (χ0n) is 15.1. The Kier molecular flexibility index (Phi) is 6.67. The second kappa shape index (κ2) is 7.59. The van der Waals surface area contributed by atoms with Crippen molar-refractivity contribution in [1.82, 2.24) is 10.3 Å². The molecule has 0 radical (unpaired) electrons. The molecule has 122 valence electrons. The highest BCUT2D eigenvalue weighted by molar-refractivity contribution is 7.15. The second-order valence-electron chi connectivity index (χ2n) is 7.14. The molecule has 0 saturated carbocycles. The minimum absolute atomic E-state index is 0.139. The standard InChI is InChI=1S/C17H33N3S/c1-9-13(10-2)20(8)16-19-15(12(3)4)14(21-16)11-18-17(5,6)7/h12-13,18H,9-11H2,1-8H3. The molecule has 0 aromatic carbocycles. The smallest absolute Gasteiger partial charge is 0.185 e. The highest BCUT2D eigenvalue weighted by Gasteiger charge is 2.20. The predicted molar refractivity (Wildman–Crippen MR) is 95.6 cm³/mol. The zero-order valence-corrected chi connectivity index (χ0v) is 15.9. The highest BCUT2D eigenvalue weighted by Crippen LogP contribution is 2.32. The first-order chi connectivity index (χ1) is 9.69. The van der Waals surface area contributed by atoms with Crippen LogP contribution in [0.4, 0.5) is 5.13 Å². The van der Waals surface area contributed by atoms with Crippen LogP contribution in [0.15, 0.2) is 0 Å². The molecule has 1 rings (SSSR count). The third-order valence-corrected chi connectivity index (χ3v) is 5.00. The van der Waals surface area contributed by atoms with Crippen LogP contribution in [0.3, 0.4) is 0 Å². The highest BCUT2D eigenvalue weighted by atomic mass is 32.1. The third kappa shape index (κ3) is 5.26. The summed E-state index contributed by atoms with van der Waals surface area (Å²) in [6, 6.07) is 0.583. The lowest BCUT2D eigenvalue weighted by molar-refractivity contribution is 0.425. The molecule has 0 spiro atoms. The molecule has 1 heterocycles. The Morgan fingerprint density at radius 2 is 1.76 bits per heavy atom. The van der Waals surface area contributed by atoms with E-state index in [1.165, 1.54) is 23.4 Å². The van der Waals surface area contributed by atoms with Crippen LogP contribution in [0.25, 0.3) is 0 Å². The molecule has 1 aromatic heterocycles. The lowest BCUT2D eigenvalue weighted by Crippen LogP contribution is -2.35.